The lowest BCUT2D eigenvalue weighted by atomic mass is 9.97. The molecule has 346 valence electrons. The van der Waals surface area contributed by atoms with Crippen molar-refractivity contribution in [1.82, 2.24) is 31.9 Å². The molecule has 63 heavy (non-hydrogen) atoms. The normalized spacial score (nSPS) is 14.6. The highest BCUT2D eigenvalue weighted by molar-refractivity contribution is 6.39. The van der Waals surface area contributed by atoms with Crippen LogP contribution in [0.25, 0.3) is 0 Å². The molecule has 0 aromatic heterocycles. The van der Waals surface area contributed by atoms with E-state index in [9.17, 15) is 58.5 Å². The molecule has 2 aromatic carbocycles. The third-order valence-electron chi connectivity index (χ3n) is 9.78. The van der Waals surface area contributed by atoms with E-state index in [4.69, 9.17) is 10.8 Å². The second-order valence-corrected chi connectivity index (χ2v) is 16.7. The van der Waals surface area contributed by atoms with E-state index in [1.165, 1.54) is 13.8 Å². The van der Waals surface area contributed by atoms with Gasteiger partial charge in [0.2, 0.25) is 35.3 Å². The molecule has 0 saturated carbocycles. The molecule has 0 saturated heterocycles. The van der Waals surface area contributed by atoms with Crippen LogP contribution in [0.1, 0.15) is 85.4 Å². The maximum atomic E-state index is 14.1. The van der Waals surface area contributed by atoms with Gasteiger partial charge in [-0.3, -0.25) is 38.4 Å². The van der Waals surface area contributed by atoms with Gasteiger partial charge in [0.25, 0.3) is 5.91 Å². The predicted octanol–water partition coefficient (Wildman–Crippen LogP) is 0.392. The van der Waals surface area contributed by atoms with Crippen LogP contribution in [0.3, 0.4) is 0 Å². The summed E-state index contributed by atoms with van der Waals surface area (Å²) in [5.41, 5.74) is 6.51. The number of aliphatic carboxylic acids is 2. The van der Waals surface area contributed by atoms with Crippen molar-refractivity contribution in [3.8, 4) is 11.5 Å². The fourth-order valence-corrected chi connectivity index (χ4v) is 6.24. The number of aromatic hydroxyl groups is 2. The van der Waals surface area contributed by atoms with E-state index < -0.39 is 125 Å². The van der Waals surface area contributed by atoms with Crippen molar-refractivity contribution in [2.24, 2.45) is 29.4 Å². The van der Waals surface area contributed by atoms with Crippen molar-refractivity contribution >= 4 is 53.2 Å². The Morgan fingerprint density at radius 1 is 0.571 bits per heavy atom. The number of amides is 6. The Labute approximate surface area is 365 Å². The molecule has 1 unspecified atom stereocenters. The number of nitrogens with two attached hydrogens (primary N) is 1. The summed E-state index contributed by atoms with van der Waals surface area (Å²) in [6.45, 7) is 13.0. The van der Waals surface area contributed by atoms with Gasteiger partial charge in [-0.1, -0.05) is 85.7 Å². The molecule has 0 heterocycles. The van der Waals surface area contributed by atoms with Gasteiger partial charge in [-0.05, 0) is 53.4 Å². The first-order chi connectivity index (χ1) is 29.3. The number of ketones is 1. The number of hydrogen-bond acceptors (Lipinski definition) is 12. The number of rotatable bonds is 24. The van der Waals surface area contributed by atoms with E-state index in [1.54, 1.807) is 71.9 Å². The largest absolute Gasteiger partial charge is 0.508 e. The summed E-state index contributed by atoms with van der Waals surface area (Å²) < 4.78 is 0. The van der Waals surface area contributed by atoms with Crippen molar-refractivity contribution in [3.63, 3.8) is 0 Å². The molecular weight excluding hydrogens is 823 g/mol. The number of nitrogens with one attached hydrogen (secondary N) is 6. The SMILES string of the molecule is CC(C)C[C@H](NC(=O)C(NC(=O)[C@@H](N)C(C)C)c1cc(O)cc(O)c1)C(=O)N[C@@H](Cc1ccccc1)C(=O)C(=O)N[C@H](C(=O)N[C@H](C(=O)N[C@@H](CC(=O)O)C(=O)O)C(C)C)C(C)C. The number of phenols is 2. The predicted molar refractivity (Wildman–Crippen MR) is 227 cm³/mol. The smallest absolute Gasteiger partial charge is 0.326 e. The van der Waals surface area contributed by atoms with Gasteiger partial charge in [0, 0.05) is 12.5 Å². The molecule has 0 aliphatic carbocycles. The molecule has 7 atom stereocenters. The van der Waals surface area contributed by atoms with Gasteiger partial charge in [0.1, 0.15) is 47.8 Å². The van der Waals surface area contributed by atoms with Crippen LogP contribution in [0.15, 0.2) is 48.5 Å². The van der Waals surface area contributed by atoms with Crippen LogP contribution >= 0.6 is 0 Å². The number of Topliss-reactive ketones (excluding diaryl/α,β-unsaturated/α-hetero) is 1. The number of benzene rings is 2. The highest BCUT2D eigenvalue weighted by Gasteiger charge is 2.37. The number of phenolic OH excluding ortho intramolecular Hbond substituents is 2. The molecule has 0 aliphatic heterocycles. The van der Waals surface area contributed by atoms with Gasteiger partial charge in [-0.25, -0.2) is 4.79 Å². The van der Waals surface area contributed by atoms with Gasteiger partial charge >= 0.3 is 11.9 Å². The highest BCUT2D eigenvalue weighted by Crippen LogP contribution is 2.26. The Balaban J connectivity index is 2.45. The quantitative estimate of drug-likeness (QED) is 0.0636. The zero-order valence-corrected chi connectivity index (χ0v) is 36.6. The second-order valence-electron chi connectivity index (χ2n) is 16.7. The van der Waals surface area contributed by atoms with E-state index in [0.29, 0.717) is 5.56 Å². The molecule has 20 nitrogen and oxygen atoms in total. The van der Waals surface area contributed by atoms with E-state index in [1.807, 2.05) is 0 Å². The number of carboxylic acid groups (broad SMARTS) is 2. The third-order valence-corrected chi connectivity index (χ3v) is 9.78. The Hall–Kier alpha value is -6.57. The summed E-state index contributed by atoms with van der Waals surface area (Å²) in [7, 11) is 0. The van der Waals surface area contributed by atoms with Gasteiger partial charge in [-0.15, -0.1) is 0 Å². The zero-order valence-electron chi connectivity index (χ0n) is 36.6. The standard InChI is InChI=1S/C43H61N7O13/c1-20(2)14-29(46-41(60)35(50-38(57)32(44)21(3)4)25-16-26(51)18-27(52)17-25)37(56)45-28(15-24-12-10-9-11-13-24)36(55)42(61)49-34(23(7)8)40(59)48-33(22(5)6)39(58)47-30(43(62)63)19-31(53)54/h9-13,16-18,20-23,28-30,32-35,51-52H,14-15,19,44H2,1-8H3,(H,45,56)(H,46,60)(H,47,58)(H,48,59)(H,49,61)(H,50,57)(H,53,54)(H,62,63)/t28-,29-,30-,32-,33-,34-,35?/m0/s1. The topological polar surface area (TPSA) is 333 Å². The van der Waals surface area contributed by atoms with Crippen LogP contribution < -0.4 is 37.6 Å². The molecule has 12 N–H and O–H groups in total. The Bertz CT molecular complexity index is 1950. The summed E-state index contributed by atoms with van der Waals surface area (Å²) in [4.78, 5) is 118. The molecule has 2 aromatic rings. The molecule has 2 rings (SSSR count). The van der Waals surface area contributed by atoms with Crippen LogP contribution in [0.2, 0.25) is 0 Å². The first-order valence-electron chi connectivity index (χ1n) is 20.5. The Morgan fingerprint density at radius 3 is 1.57 bits per heavy atom. The molecule has 0 bridgehead atoms. The fraction of sp³-hybridized carbons (Fsp3) is 0.512. The first kappa shape index (κ1) is 52.6. The Morgan fingerprint density at radius 2 is 1.08 bits per heavy atom. The van der Waals surface area contributed by atoms with E-state index in [-0.39, 0.29) is 30.2 Å². The van der Waals surface area contributed by atoms with Gasteiger partial charge in [0.15, 0.2) is 0 Å². The molecule has 6 amide bonds. The number of carbonyl (C=O) groups excluding carboxylic acids is 7. The minimum atomic E-state index is -1.81. The lowest BCUT2D eigenvalue weighted by Crippen LogP contribution is -2.60. The minimum Gasteiger partial charge on any atom is -0.508 e. The number of carboxylic acids is 2. The van der Waals surface area contributed by atoms with Gasteiger partial charge < -0.3 is 58.1 Å². The molecule has 0 fully saturated rings. The van der Waals surface area contributed by atoms with E-state index >= 15 is 0 Å². The van der Waals surface area contributed by atoms with Crippen LogP contribution in [0.4, 0.5) is 0 Å². The van der Waals surface area contributed by atoms with Crippen molar-refractivity contribution in [2.75, 3.05) is 0 Å². The van der Waals surface area contributed by atoms with Crippen LogP contribution in [0, 0.1) is 23.7 Å². The lowest BCUT2D eigenvalue weighted by Gasteiger charge is -2.28. The maximum Gasteiger partial charge on any atom is 0.326 e. The number of carbonyl (C=O) groups is 9. The van der Waals surface area contributed by atoms with Crippen molar-refractivity contribution in [1.29, 1.82) is 0 Å². The molecular formula is C43H61N7O13. The van der Waals surface area contributed by atoms with Crippen LogP contribution in [-0.2, 0) is 49.6 Å². The first-order valence-corrected chi connectivity index (χ1v) is 20.5. The van der Waals surface area contributed by atoms with Crippen LogP contribution in [0.5, 0.6) is 11.5 Å². The average molecular weight is 884 g/mol. The van der Waals surface area contributed by atoms with Gasteiger partial charge in [-0.2, -0.15) is 0 Å². The van der Waals surface area contributed by atoms with Crippen molar-refractivity contribution in [2.45, 2.75) is 117 Å². The monoisotopic (exact) mass is 883 g/mol. The number of hydrogen-bond donors (Lipinski definition) is 11. The third kappa shape index (κ3) is 16.7. The van der Waals surface area contributed by atoms with Crippen molar-refractivity contribution in [3.05, 3.63) is 59.7 Å². The van der Waals surface area contributed by atoms with E-state index in [2.05, 4.69) is 31.9 Å². The molecule has 20 heteroatoms. The summed E-state index contributed by atoms with van der Waals surface area (Å²) >= 11 is 0. The second kappa shape index (κ2) is 24.2. The molecule has 0 aliphatic rings. The van der Waals surface area contributed by atoms with Gasteiger partial charge in [0.05, 0.1) is 12.5 Å². The fourth-order valence-electron chi connectivity index (χ4n) is 6.24. The lowest BCUT2D eigenvalue weighted by molar-refractivity contribution is -0.147. The Kier molecular flexibility index (Phi) is 20.2. The van der Waals surface area contributed by atoms with E-state index in [0.717, 1.165) is 18.2 Å². The van der Waals surface area contributed by atoms with Crippen molar-refractivity contribution < 1.29 is 63.6 Å². The average Bonchev–Trinajstić information content (AvgIpc) is 3.18. The zero-order chi connectivity index (χ0) is 47.9. The summed E-state index contributed by atoms with van der Waals surface area (Å²) in [5, 5.41) is 53.5. The summed E-state index contributed by atoms with van der Waals surface area (Å²) in [6.07, 6.45) is -1.16. The highest BCUT2D eigenvalue weighted by atomic mass is 16.4. The van der Waals surface area contributed by atoms with Crippen LogP contribution in [-0.4, -0.2) is 110 Å². The summed E-state index contributed by atoms with van der Waals surface area (Å²) in [6, 6.07) is 1.39. The molecule has 0 radical (unpaired) electrons. The minimum absolute atomic E-state index is 0.00279. The summed E-state index contributed by atoms with van der Waals surface area (Å²) in [5.74, 6) is -12.9. The maximum absolute atomic E-state index is 14.1. The molecule has 0 spiro atoms.